The van der Waals surface area contributed by atoms with Crippen LogP contribution in [0.25, 0.3) is 0 Å². The summed E-state index contributed by atoms with van der Waals surface area (Å²) in [6, 6.07) is 6.47. The molecule has 0 fully saturated rings. The van der Waals surface area contributed by atoms with E-state index in [-0.39, 0.29) is 11.8 Å². The molecule has 2 amide bonds. The number of hydrogen-bond donors (Lipinski definition) is 3. The first-order chi connectivity index (χ1) is 9.40. The molecule has 20 heavy (non-hydrogen) atoms. The quantitative estimate of drug-likeness (QED) is 0.537. The fraction of sp³-hybridized carbons (Fsp3) is 0.429. The molecule has 1 aromatic carbocycles. The van der Waals surface area contributed by atoms with Crippen LogP contribution in [0.15, 0.2) is 24.3 Å². The minimum absolute atomic E-state index is 0.189. The fourth-order valence-electron chi connectivity index (χ4n) is 1.70. The number of carbonyl (C=O) groups excluding carboxylic acids is 2. The van der Waals surface area contributed by atoms with Crippen LogP contribution >= 0.6 is 0 Å². The molecule has 0 saturated carbocycles. The van der Waals surface area contributed by atoms with E-state index in [0.717, 1.165) is 11.8 Å². The van der Waals surface area contributed by atoms with Gasteiger partial charge in [-0.25, -0.2) is 10.2 Å². The number of carbonyl (C=O) groups is 2. The van der Waals surface area contributed by atoms with Gasteiger partial charge in [0.05, 0.1) is 5.54 Å². The standard InChI is InChI=1S/C14H21N3O3/c1-14(10-18,16-13(20)17(3)15-2)8-7-11-5-4-6-12(19)9-11/h4-6,9-10,15,19H,7-8H2,1-3H3,(H,16,20). The van der Waals surface area contributed by atoms with Crippen LogP contribution in [0.3, 0.4) is 0 Å². The number of amides is 2. The number of aldehydes is 1. The number of phenolic OH excluding ortho intramolecular Hbond substituents is 1. The molecule has 0 bridgehead atoms. The van der Waals surface area contributed by atoms with Crippen molar-refractivity contribution in [3.05, 3.63) is 29.8 Å². The number of aryl methyl sites for hydroxylation is 1. The Kier molecular flexibility index (Phi) is 5.52. The number of rotatable bonds is 6. The summed E-state index contributed by atoms with van der Waals surface area (Å²) in [5, 5.41) is 13.3. The highest BCUT2D eigenvalue weighted by Gasteiger charge is 2.26. The molecule has 6 nitrogen and oxygen atoms in total. The van der Waals surface area contributed by atoms with Crippen molar-refractivity contribution < 1.29 is 14.7 Å². The van der Waals surface area contributed by atoms with Gasteiger partial charge in [0, 0.05) is 14.1 Å². The van der Waals surface area contributed by atoms with Crippen molar-refractivity contribution in [2.24, 2.45) is 0 Å². The molecule has 0 aliphatic rings. The van der Waals surface area contributed by atoms with E-state index in [2.05, 4.69) is 10.7 Å². The molecule has 1 rings (SSSR count). The van der Waals surface area contributed by atoms with Gasteiger partial charge in [-0.2, -0.15) is 0 Å². The summed E-state index contributed by atoms with van der Waals surface area (Å²) in [6.07, 6.45) is 1.76. The Morgan fingerprint density at radius 3 is 2.75 bits per heavy atom. The summed E-state index contributed by atoms with van der Waals surface area (Å²) in [5.74, 6) is 0.189. The van der Waals surface area contributed by atoms with Crippen molar-refractivity contribution in [2.75, 3.05) is 14.1 Å². The summed E-state index contributed by atoms with van der Waals surface area (Å²) < 4.78 is 0. The molecule has 1 atom stereocenters. The van der Waals surface area contributed by atoms with Gasteiger partial charge in [-0.15, -0.1) is 0 Å². The molecule has 0 aliphatic carbocycles. The smallest absolute Gasteiger partial charge is 0.332 e. The maximum atomic E-state index is 11.8. The molecule has 0 spiro atoms. The second-order valence-electron chi connectivity index (χ2n) is 4.92. The maximum Gasteiger partial charge on any atom is 0.332 e. The third-order valence-corrected chi connectivity index (χ3v) is 3.14. The van der Waals surface area contributed by atoms with Gasteiger partial charge >= 0.3 is 6.03 Å². The number of benzene rings is 1. The predicted octanol–water partition coefficient (Wildman–Crippen LogP) is 1.06. The van der Waals surface area contributed by atoms with Gasteiger partial charge in [-0.1, -0.05) is 12.1 Å². The maximum absolute atomic E-state index is 11.8. The number of nitrogens with one attached hydrogen (secondary N) is 2. The first-order valence-corrected chi connectivity index (χ1v) is 6.38. The molecular weight excluding hydrogens is 258 g/mol. The van der Waals surface area contributed by atoms with Gasteiger partial charge in [-0.3, -0.25) is 5.01 Å². The van der Waals surface area contributed by atoms with E-state index >= 15 is 0 Å². The van der Waals surface area contributed by atoms with Crippen LogP contribution in [0, 0.1) is 0 Å². The Balaban J connectivity index is 2.65. The SMILES string of the molecule is CNN(C)C(=O)NC(C)(C=O)CCc1cccc(O)c1. The van der Waals surface area contributed by atoms with Crippen LogP contribution in [-0.4, -0.2) is 42.1 Å². The summed E-state index contributed by atoms with van der Waals surface area (Å²) in [4.78, 5) is 23.0. The Labute approximate surface area is 118 Å². The second-order valence-corrected chi connectivity index (χ2v) is 4.92. The van der Waals surface area contributed by atoms with Crippen molar-refractivity contribution in [3.8, 4) is 5.75 Å². The zero-order valence-electron chi connectivity index (χ0n) is 12.0. The lowest BCUT2D eigenvalue weighted by molar-refractivity contribution is -0.112. The average molecular weight is 279 g/mol. The number of aromatic hydroxyl groups is 1. The molecule has 0 heterocycles. The molecular formula is C14H21N3O3. The van der Waals surface area contributed by atoms with Crippen LogP contribution in [0.5, 0.6) is 5.75 Å². The number of hydrogen-bond acceptors (Lipinski definition) is 4. The average Bonchev–Trinajstić information content (AvgIpc) is 2.44. The minimum atomic E-state index is -0.951. The molecule has 1 unspecified atom stereocenters. The highest BCUT2D eigenvalue weighted by atomic mass is 16.3. The highest BCUT2D eigenvalue weighted by Crippen LogP contribution is 2.16. The van der Waals surface area contributed by atoms with Crippen LogP contribution < -0.4 is 10.7 Å². The van der Waals surface area contributed by atoms with Crippen molar-refractivity contribution in [3.63, 3.8) is 0 Å². The van der Waals surface area contributed by atoms with E-state index in [4.69, 9.17) is 0 Å². The number of nitrogens with zero attached hydrogens (tertiary/aromatic N) is 1. The van der Waals surface area contributed by atoms with Gasteiger partial charge in [0.15, 0.2) is 0 Å². The van der Waals surface area contributed by atoms with Gasteiger partial charge in [0.1, 0.15) is 12.0 Å². The summed E-state index contributed by atoms with van der Waals surface area (Å²) >= 11 is 0. The number of urea groups is 1. The van der Waals surface area contributed by atoms with Gasteiger partial charge in [0.2, 0.25) is 0 Å². The Morgan fingerprint density at radius 2 is 2.20 bits per heavy atom. The number of hydrazine groups is 1. The van der Waals surface area contributed by atoms with Gasteiger partial charge < -0.3 is 15.2 Å². The van der Waals surface area contributed by atoms with Crippen molar-refractivity contribution in [2.45, 2.75) is 25.3 Å². The van der Waals surface area contributed by atoms with E-state index in [0.29, 0.717) is 12.8 Å². The van der Waals surface area contributed by atoms with E-state index in [1.54, 1.807) is 39.2 Å². The molecule has 6 heteroatoms. The van der Waals surface area contributed by atoms with E-state index < -0.39 is 5.54 Å². The van der Waals surface area contributed by atoms with Crippen LogP contribution in [0.2, 0.25) is 0 Å². The summed E-state index contributed by atoms with van der Waals surface area (Å²) in [7, 11) is 3.18. The van der Waals surface area contributed by atoms with E-state index in [1.165, 1.54) is 5.01 Å². The van der Waals surface area contributed by atoms with Crippen LogP contribution in [-0.2, 0) is 11.2 Å². The predicted molar refractivity (Wildman–Crippen MR) is 76.3 cm³/mol. The molecule has 0 aromatic heterocycles. The third kappa shape index (κ3) is 4.55. The normalized spacial score (nSPS) is 13.3. The van der Waals surface area contributed by atoms with Gasteiger partial charge in [-0.05, 0) is 37.5 Å². The highest BCUT2D eigenvalue weighted by molar-refractivity contribution is 5.79. The zero-order chi connectivity index (χ0) is 15.2. The van der Waals surface area contributed by atoms with Crippen molar-refractivity contribution in [1.82, 2.24) is 15.8 Å². The molecule has 110 valence electrons. The Morgan fingerprint density at radius 1 is 1.50 bits per heavy atom. The summed E-state index contributed by atoms with van der Waals surface area (Å²) in [6.45, 7) is 1.67. The topological polar surface area (TPSA) is 81.7 Å². The lowest BCUT2D eigenvalue weighted by atomic mass is 9.95. The number of phenols is 1. The summed E-state index contributed by atoms with van der Waals surface area (Å²) in [5.41, 5.74) is 2.63. The van der Waals surface area contributed by atoms with Crippen LogP contribution in [0.4, 0.5) is 4.79 Å². The lowest BCUT2D eigenvalue weighted by Gasteiger charge is -2.27. The third-order valence-electron chi connectivity index (χ3n) is 3.14. The van der Waals surface area contributed by atoms with Crippen molar-refractivity contribution >= 4 is 12.3 Å². The van der Waals surface area contributed by atoms with Crippen LogP contribution in [0.1, 0.15) is 18.9 Å². The molecule has 3 N–H and O–H groups in total. The van der Waals surface area contributed by atoms with E-state index in [1.807, 2.05) is 6.07 Å². The molecule has 1 aromatic rings. The first kappa shape index (κ1) is 16.0. The monoisotopic (exact) mass is 279 g/mol. The minimum Gasteiger partial charge on any atom is -0.508 e. The molecule has 0 saturated heterocycles. The molecule has 0 radical (unpaired) electrons. The zero-order valence-corrected chi connectivity index (χ0v) is 12.0. The largest absolute Gasteiger partial charge is 0.508 e. The van der Waals surface area contributed by atoms with Gasteiger partial charge in [0.25, 0.3) is 0 Å². The van der Waals surface area contributed by atoms with E-state index in [9.17, 15) is 14.7 Å². The first-order valence-electron chi connectivity index (χ1n) is 6.38. The second kappa shape index (κ2) is 6.91. The Bertz CT molecular complexity index is 478. The van der Waals surface area contributed by atoms with Crippen molar-refractivity contribution in [1.29, 1.82) is 0 Å². The molecule has 0 aliphatic heterocycles. The Hall–Kier alpha value is -2.08. The fourth-order valence-corrected chi connectivity index (χ4v) is 1.70. The lowest BCUT2D eigenvalue weighted by Crippen LogP contribution is -2.54.